The molecule has 4 N–H and O–H groups in total. The van der Waals surface area contributed by atoms with Gasteiger partial charge in [0.05, 0.1) is 5.56 Å². The van der Waals surface area contributed by atoms with E-state index >= 15 is 0 Å². The summed E-state index contributed by atoms with van der Waals surface area (Å²) in [6.07, 6.45) is 6.02. The number of carboxylic acids is 2. The zero-order valence-electron chi connectivity index (χ0n) is 16.9. The molecule has 0 bridgehead atoms. The first-order valence-electron chi connectivity index (χ1n) is 9.48. The molecule has 3 aromatic rings. The van der Waals surface area contributed by atoms with Gasteiger partial charge in [-0.15, -0.1) is 0 Å². The van der Waals surface area contributed by atoms with Crippen LogP contribution in [0.15, 0.2) is 54.6 Å². The van der Waals surface area contributed by atoms with E-state index < -0.39 is 18.0 Å². The fraction of sp³-hybridized carbons (Fsp3) is 0. The van der Waals surface area contributed by atoms with Gasteiger partial charge in [-0.3, -0.25) is 4.79 Å². The van der Waals surface area contributed by atoms with E-state index in [1.54, 1.807) is 18.2 Å². The van der Waals surface area contributed by atoms with Crippen molar-refractivity contribution in [3.8, 4) is 11.5 Å². The largest absolute Gasteiger partial charge is 0.507 e. The Morgan fingerprint density at radius 2 is 1.00 bits per heavy atom. The summed E-state index contributed by atoms with van der Waals surface area (Å²) in [6, 6.07) is 10.7. The molecule has 0 aliphatic heterocycles. The van der Waals surface area contributed by atoms with Gasteiger partial charge >= 0.3 is 18.0 Å². The van der Waals surface area contributed by atoms with Crippen molar-refractivity contribution in [2.75, 3.05) is 0 Å². The van der Waals surface area contributed by atoms with Crippen molar-refractivity contribution in [1.29, 1.82) is 0 Å². The first kappa shape index (κ1) is 23.0. The van der Waals surface area contributed by atoms with Crippen LogP contribution in [0.2, 0.25) is 0 Å². The number of benzene rings is 3. The minimum atomic E-state index is -1.67. The highest BCUT2D eigenvalue weighted by atomic mass is 19.1. The van der Waals surface area contributed by atoms with E-state index in [2.05, 4.69) is 0 Å². The third-order valence-electron chi connectivity index (χ3n) is 4.71. The molecule has 0 radical (unpaired) electrons. The van der Waals surface area contributed by atoms with Crippen molar-refractivity contribution < 1.29 is 39.2 Å². The number of halogens is 1. The lowest BCUT2D eigenvalue weighted by Crippen LogP contribution is -1.97. The van der Waals surface area contributed by atoms with Crippen molar-refractivity contribution in [1.82, 2.24) is 0 Å². The molecule has 0 saturated carbocycles. The summed E-state index contributed by atoms with van der Waals surface area (Å²) in [7, 11) is 0. The van der Waals surface area contributed by atoms with Gasteiger partial charge in [0.15, 0.2) is 0 Å². The van der Waals surface area contributed by atoms with E-state index in [0.29, 0.717) is 16.7 Å². The minimum absolute atomic E-state index is 0.220. The van der Waals surface area contributed by atoms with Gasteiger partial charge in [-0.1, -0.05) is 48.6 Å². The molecule has 0 heterocycles. The molecule has 8 heteroatoms. The molecule has 0 aromatic heterocycles. The van der Waals surface area contributed by atoms with Crippen LogP contribution in [0.25, 0.3) is 24.3 Å². The van der Waals surface area contributed by atoms with Gasteiger partial charge in [-0.2, -0.15) is 4.39 Å². The van der Waals surface area contributed by atoms with E-state index in [4.69, 9.17) is 10.2 Å². The van der Waals surface area contributed by atoms with Crippen molar-refractivity contribution in [3.63, 3.8) is 0 Å². The highest BCUT2D eigenvalue weighted by Crippen LogP contribution is 2.23. The van der Waals surface area contributed by atoms with Crippen LogP contribution in [0.1, 0.15) is 53.3 Å². The van der Waals surface area contributed by atoms with Gasteiger partial charge < -0.3 is 20.4 Å². The zero-order valence-corrected chi connectivity index (χ0v) is 16.9. The van der Waals surface area contributed by atoms with E-state index in [1.807, 2.05) is 0 Å². The van der Waals surface area contributed by atoms with Crippen molar-refractivity contribution in [2.45, 2.75) is 0 Å². The van der Waals surface area contributed by atoms with Crippen molar-refractivity contribution in [2.24, 2.45) is 0 Å². The van der Waals surface area contributed by atoms with Crippen LogP contribution in [0.3, 0.4) is 0 Å². The number of aromatic hydroxyl groups is 2. The number of carbonyl (C=O) groups excluding carboxylic acids is 1. The first-order chi connectivity index (χ1) is 15.7. The lowest BCUT2D eigenvalue weighted by Gasteiger charge is -2.04. The van der Waals surface area contributed by atoms with Gasteiger partial charge in [-0.25, -0.2) is 9.59 Å². The Morgan fingerprint density at radius 3 is 1.42 bits per heavy atom. The summed E-state index contributed by atoms with van der Waals surface area (Å²) >= 11 is 0. The number of hydrogen-bond acceptors (Lipinski definition) is 5. The maximum Gasteiger partial charge on any atom is 0.339 e. The second-order valence-electron chi connectivity index (χ2n) is 6.95. The molecule has 0 amide bonds. The standard InChI is InChI=1S/C25H17FO7/c26-23(29)18-11-14(1-2-15-5-9-21(27)19(12-15)24(30)31)3-7-17(18)8-4-16-6-10-22(28)20(13-16)25(32)33/h1-13,27-28H,(H,30,31)(H,32,33)/b2-1+,8-4+. The zero-order chi connectivity index (χ0) is 24.1. The van der Waals surface area contributed by atoms with Gasteiger partial charge in [0.1, 0.15) is 22.6 Å². The Kier molecular flexibility index (Phi) is 6.68. The second-order valence-corrected chi connectivity index (χ2v) is 6.95. The number of phenols is 2. The van der Waals surface area contributed by atoms with E-state index in [9.17, 15) is 29.0 Å². The van der Waals surface area contributed by atoms with E-state index in [-0.39, 0.29) is 33.8 Å². The number of carboxylic acid groups (broad SMARTS) is 2. The van der Waals surface area contributed by atoms with Gasteiger partial charge in [0.2, 0.25) is 0 Å². The molecule has 0 atom stereocenters. The molecule has 0 aliphatic rings. The normalized spacial score (nSPS) is 11.2. The molecular formula is C25H17FO7. The van der Waals surface area contributed by atoms with Crippen molar-refractivity contribution >= 4 is 42.3 Å². The summed E-state index contributed by atoms with van der Waals surface area (Å²) in [5.41, 5.74) is 0.843. The highest BCUT2D eigenvalue weighted by molar-refractivity contribution is 5.96. The summed E-state index contributed by atoms with van der Waals surface area (Å²) in [4.78, 5) is 33.8. The maximum absolute atomic E-state index is 13.7. The predicted molar refractivity (Wildman–Crippen MR) is 120 cm³/mol. The van der Waals surface area contributed by atoms with Gasteiger partial charge in [0, 0.05) is 0 Å². The van der Waals surface area contributed by atoms with Gasteiger partial charge in [0.25, 0.3) is 0 Å². The summed E-state index contributed by atoms with van der Waals surface area (Å²) in [5, 5.41) is 37.3. The Morgan fingerprint density at radius 1 is 0.606 bits per heavy atom. The Bertz CT molecular complexity index is 1320. The molecule has 7 nitrogen and oxygen atoms in total. The molecule has 33 heavy (non-hydrogen) atoms. The average molecular weight is 448 g/mol. The van der Waals surface area contributed by atoms with Crippen LogP contribution in [0.5, 0.6) is 11.5 Å². The molecule has 166 valence electrons. The quantitative estimate of drug-likeness (QED) is 0.297. The lowest BCUT2D eigenvalue weighted by molar-refractivity contribution is 0.0682. The molecule has 0 aliphatic carbocycles. The molecule has 0 spiro atoms. The van der Waals surface area contributed by atoms with Crippen LogP contribution in [-0.4, -0.2) is 38.4 Å². The van der Waals surface area contributed by atoms with Crippen LogP contribution in [-0.2, 0) is 0 Å². The Hall–Kier alpha value is -4.72. The topological polar surface area (TPSA) is 132 Å². The van der Waals surface area contributed by atoms with Crippen LogP contribution in [0, 0.1) is 0 Å². The Balaban J connectivity index is 1.89. The second kappa shape index (κ2) is 9.61. The highest BCUT2D eigenvalue weighted by Gasteiger charge is 2.12. The lowest BCUT2D eigenvalue weighted by atomic mass is 10.0. The first-order valence-corrected chi connectivity index (χ1v) is 9.48. The molecule has 0 saturated heterocycles. The van der Waals surface area contributed by atoms with Gasteiger partial charge in [-0.05, 0) is 52.6 Å². The molecule has 3 aromatic carbocycles. The summed E-state index contributed by atoms with van der Waals surface area (Å²) in [5.74, 6) is -3.35. The molecule has 3 rings (SSSR count). The van der Waals surface area contributed by atoms with Crippen LogP contribution < -0.4 is 0 Å². The SMILES string of the molecule is O=C(O)c1cc(/C=C/c2ccc(/C=C/c3ccc(O)c(C(=O)O)c3)c(C(=O)F)c2)ccc1O. The maximum atomic E-state index is 13.7. The molecule has 0 unspecified atom stereocenters. The summed E-state index contributed by atoms with van der Waals surface area (Å²) < 4.78 is 13.7. The number of aromatic carboxylic acids is 2. The van der Waals surface area contributed by atoms with Crippen molar-refractivity contribution in [3.05, 3.63) is 93.5 Å². The van der Waals surface area contributed by atoms with E-state index in [1.165, 1.54) is 60.7 Å². The predicted octanol–water partition coefficient (Wildman–Crippen LogP) is 4.94. The minimum Gasteiger partial charge on any atom is -0.507 e. The number of carbonyl (C=O) groups is 3. The van der Waals surface area contributed by atoms with Crippen LogP contribution in [0.4, 0.5) is 4.39 Å². The third-order valence-corrected chi connectivity index (χ3v) is 4.71. The molecular weight excluding hydrogens is 431 g/mol. The fourth-order valence-corrected chi connectivity index (χ4v) is 3.03. The summed E-state index contributed by atoms with van der Waals surface area (Å²) in [6.45, 7) is 0. The number of rotatable bonds is 7. The van der Waals surface area contributed by atoms with E-state index in [0.717, 1.165) is 0 Å². The average Bonchev–Trinajstić information content (AvgIpc) is 2.77. The fourth-order valence-electron chi connectivity index (χ4n) is 3.03. The monoisotopic (exact) mass is 448 g/mol. The smallest absolute Gasteiger partial charge is 0.339 e. The number of hydrogen-bond donors (Lipinski definition) is 4. The third kappa shape index (κ3) is 5.50. The Labute approximate surface area is 187 Å². The molecule has 0 fully saturated rings. The van der Waals surface area contributed by atoms with Crippen LogP contribution >= 0.6 is 0 Å².